The SMILES string of the molecule is C/C=C1\C(O)CC2C3CCC4=CC(=O)CCC4(C)C3CCC12C. The summed E-state index contributed by atoms with van der Waals surface area (Å²) in [7, 11) is 0. The molecule has 4 aliphatic rings. The van der Waals surface area contributed by atoms with Gasteiger partial charge >= 0.3 is 0 Å². The number of allylic oxidation sites excluding steroid dienone is 2. The van der Waals surface area contributed by atoms with Gasteiger partial charge in [-0.3, -0.25) is 4.79 Å². The van der Waals surface area contributed by atoms with Crippen molar-refractivity contribution in [3.63, 3.8) is 0 Å². The van der Waals surface area contributed by atoms with E-state index in [0.29, 0.717) is 17.6 Å². The van der Waals surface area contributed by atoms with E-state index in [1.54, 1.807) is 0 Å². The van der Waals surface area contributed by atoms with Crippen LogP contribution in [0.5, 0.6) is 0 Å². The number of aliphatic hydroxyl groups excluding tert-OH is 1. The van der Waals surface area contributed by atoms with Gasteiger partial charge in [-0.15, -0.1) is 0 Å². The van der Waals surface area contributed by atoms with E-state index in [2.05, 4.69) is 26.8 Å². The maximum absolute atomic E-state index is 11.9. The molecule has 6 unspecified atom stereocenters. The van der Waals surface area contributed by atoms with E-state index < -0.39 is 0 Å². The number of rotatable bonds is 0. The summed E-state index contributed by atoms with van der Waals surface area (Å²) in [5.74, 6) is 2.39. The predicted octanol–water partition coefficient (Wildman–Crippen LogP) is 4.44. The maximum atomic E-state index is 11.9. The summed E-state index contributed by atoms with van der Waals surface area (Å²) in [6.07, 6.45) is 11.4. The minimum atomic E-state index is -0.230. The highest BCUT2D eigenvalue weighted by molar-refractivity contribution is 5.91. The normalized spacial score (nSPS) is 51.0. The molecule has 0 aromatic heterocycles. The summed E-state index contributed by atoms with van der Waals surface area (Å²) in [6.45, 7) is 6.91. The van der Waals surface area contributed by atoms with E-state index in [4.69, 9.17) is 0 Å². The maximum Gasteiger partial charge on any atom is 0.155 e. The van der Waals surface area contributed by atoms with Gasteiger partial charge in [0, 0.05) is 6.42 Å². The van der Waals surface area contributed by atoms with Gasteiger partial charge < -0.3 is 5.11 Å². The molecular weight excluding hydrogens is 284 g/mol. The molecule has 6 atom stereocenters. The van der Waals surface area contributed by atoms with Gasteiger partial charge in [-0.1, -0.05) is 25.5 Å². The lowest BCUT2D eigenvalue weighted by atomic mass is 9.47. The molecule has 0 spiro atoms. The van der Waals surface area contributed by atoms with Gasteiger partial charge in [0.25, 0.3) is 0 Å². The summed E-state index contributed by atoms with van der Waals surface area (Å²) in [4.78, 5) is 11.9. The zero-order chi connectivity index (χ0) is 16.4. The Kier molecular flexibility index (Phi) is 3.43. The third-order valence-electron chi connectivity index (χ3n) is 8.16. The summed E-state index contributed by atoms with van der Waals surface area (Å²) < 4.78 is 0. The summed E-state index contributed by atoms with van der Waals surface area (Å²) >= 11 is 0. The quantitative estimate of drug-likeness (QED) is 0.671. The average molecular weight is 314 g/mol. The Morgan fingerprint density at radius 2 is 1.91 bits per heavy atom. The Morgan fingerprint density at radius 3 is 2.65 bits per heavy atom. The van der Waals surface area contributed by atoms with Crippen molar-refractivity contribution in [1.29, 1.82) is 0 Å². The minimum absolute atomic E-state index is 0.206. The van der Waals surface area contributed by atoms with Gasteiger partial charge in [0.15, 0.2) is 5.78 Å². The largest absolute Gasteiger partial charge is 0.389 e. The van der Waals surface area contributed by atoms with E-state index in [1.165, 1.54) is 30.4 Å². The van der Waals surface area contributed by atoms with Gasteiger partial charge in [0.2, 0.25) is 0 Å². The predicted molar refractivity (Wildman–Crippen MR) is 91.9 cm³/mol. The zero-order valence-electron chi connectivity index (χ0n) is 14.8. The van der Waals surface area contributed by atoms with Crippen molar-refractivity contribution in [2.24, 2.45) is 28.6 Å². The molecule has 3 fully saturated rings. The number of carbonyl (C=O) groups excluding carboxylic acids is 1. The van der Waals surface area contributed by atoms with E-state index in [9.17, 15) is 9.90 Å². The molecule has 4 rings (SSSR count). The molecule has 0 aliphatic heterocycles. The number of hydrogen-bond acceptors (Lipinski definition) is 2. The summed E-state index contributed by atoms with van der Waals surface area (Å²) in [6, 6.07) is 0. The second-order valence-electron chi connectivity index (χ2n) is 8.92. The van der Waals surface area contributed by atoms with Gasteiger partial charge in [0.1, 0.15) is 0 Å². The second-order valence-corrected chi connectivity index (χ2v) is 8.92. The van der Waals surface area contributed by atoms with Crippen LogP contribution in [0.3, 0.4) is 0 Å². The molecule has 0 saturated heterocycles. The van der Waals surface area contributed by atoms with Crippen molar-refractivity contribution in [3.8, 4) is 0 Å². The number of hydrogen-bond donors (Lipinski definition) is 1. The molecule has 3 saturated carbocycles. The highest BCUT2D eigenvalue weighted by atomic mass is 16.3. The minimum Gasteiger partial charge on any atom is -0.389 e. The van der Waals surface area contributed by atoms with Crippen molar-refractivity contribution >= 4 is 5.78 Å². The van der Waals surface area contributed by atoms with Gasteiger partial charge in [-0.05, 0) is 85.7 Å². The van der Waals surface area contributed by atoms with Crippen LogP contribution in [0.1, 0.15) is 65.7 Å². The first kappa shape index (κ1) is 15.6. The molecule has 0 aromatic rings. The van der Waals surface area contributed by atoms with Crippen LogP contribution in [0, 0.1) is 28.6 Å². The van der Waals surface area contributed by atoms with Crippen LogP contribution in [0.2, 0.25) is 0 Å². The Bertz CT molecular complexity index is 601. The van der Waals surface area contributed by atoms with Crippen LogP contribution in [-0.4, -0.2) is 17.0 Å². The molecule has 0 amide bonds. The molecule has 0 aromatic carbocycles. The van der Waals surface area contributed by atoms with E-state index >= 15 is 0 Å². The Balaban J connectivity index is 1.71. The number of carbonyl (C=O) groups is 1. The molecular formula is C21H30O2. The fourth-order valence-electron chi connectivity index (χ4n) is 6.94. The Labute approximate surface area is 140 Å². The van der Waals surface area contributed by atoms with E-state index in [-0.39, 0.29) is 16.9 Å². The van der Waals surface area contributed by atoms with Crippen molar-refractivity contribution in [1.82, 2.24) is 0 Å². The average Bonchev–Trinajstić information content (AvgIpc) is 2.77. The smallest absolute Gasteiger partial charge is 0.155 e. The fraction of sp³-hybridized carbons (Fsp3) is 0.762. The topological polar surface area (TPSA) is 37.3 Å². The molecule has 4 aliphatic carbocycles. The van der Waals surface area contributed by atoms with Gasteiger partial charge in [-0.2, -0.15) is 0 Å². The first-order chi connectivity index (χ1) is 10.9. The molecule has 2 heteroatoms. The molecule has 2 nitrogen and oxygen atoms in total. The van der Waals surface area contributed by atoms with Gasteiger partial charge in [0.05, 0.1) is 6.10 Å². The third kappa shape index (κ3) is 2.00. The molecule has 0 heterocycles. The van der Waals surface area contributed by atoms with Crippen molar-refractivity contribution in [2.45, 2.75) is 71.8 Å². The fourth-order valence-corrected chi connectivity index (χ4v) is 6.94. The first-order valence-electron chi connectivity index (χ1n) is 9.49. The molecule has 0 radical (unpaired) electrons. The van der Waals surface area contributed by atoms with Crippen LogP contribution in [-0.2, 0) is 4.79 Å². The number of fused-ring (bicyclic) bond motifs is 5. The van der Waals surface area contributed by atoms with Crippen LogP contribution >= 0.6 is 0 Å². The lowest BCUT2D eigenvalue weighted by molar-refractivity contribution is -0.117. The monoisotopic (exact) mass is 314 g/mol. The van der Waals surface area contributed by atoms with Crippen molar-refractivity contribution in [2.75, 3.05) is 0 Å². The first-order valence-corrected chi connectivity index (χ1v) is 9.49. The third-order valence-corrected chi connectivity index (χ3v) is 8.16. The second kappa shape index (κ2) is 5.05. The van der Waals surface area contributed by atoms with Crippen LogP contribution in [0.15, 0.2) is 23.3 Å². The van der Waals surface area contributed by atoms with E-state index in [1.807, 2.05) is 6.08 Å². The lowest BCUT2D eigenvalue weighted by Crippen LogP contribution is -2.49. The lowest BCUT2D eigenvalue weighted by Gasteiger charge is -2.57. The number of aliphatic hydroxyl groups is 1. The molecule has 23 heavy (non-hydrogen) atoms. The molecule has 0 bridgehead atoms. The number of ketones is 1. The zero-order valence-corrected chi connectivity index (χ0v) is 14.8. The van der Waals surface area contributed by atoms with Crippen LogP contribution < -0.4 is 0 Å². The van der Waals surface area contributed by atoms with Crippen molar-refractivity contribution in [3.05, 3.63) is 23.3 Å². The molecule has 1 N–H and O–H groups in total. The van der Waals surface area contributed by atoms with Crippen LogP contribution in [0.4, 0.5) is 0 Å². The Morgan fingerprint density at radius 1 is 1.13 bits per heavy atom. The van der Waals surface area contributed by atoms with Gasteiger partial charge in [-0.25, -0.2) is 0 Å². The molecule has 126 valence electrons. The van der Waals surface area contributed by atoms with E-state index in [0.717, 1.165) is 31.6 Å². The summed E-state index contributed by atoms with van der Waals surface area (Å²) in [5, 5.41) is 10.6. The Hall–Kier alpha value is -0.890. The van der Waals surface area contributed by atoms with Crippen LogP contribution in [0.25, 0.3) is 0 Å². The summed E-state index contributed by atoms with van der Waals surface area (Å²) in [5.41, 5.74) is 3.17. The highest BCUT2D eigenvalue weighted by Crippen LogP contribution is 2.66. The standard InChI is InChI=1S/C21H30O2/c1-4-16-19(23)12-18-15-6-5-13-11-14(22)7-9-20(13,2)17(15)8-10-21(16,18)3/h4,11,15,17-19,23H,5-10,12H2,1-3H3/b16-4+. The van der Waals surface area contributed by atoms with Crippen molar-refractivity contribution < 1.29 is 9.90 Å². The highest BCUT2D eigenvalue weighted by Gasteiger charge is 2.59.